The molecule has 0 fully saturated rings. The number of rotatable bonds is 11. The minimum atomic E-state index is 0.361. The molecule has 0 aliphatic rings. The summed E-state index contributed by atoms with van der Waals surface area (Å²) in [7, 11) is 1.82. The van der Waals surface area contributed by atoms with Crippen LogP contribution in [0.2, 0.25) is 0 Å². The number of unbranched alkanes of at least 4 members (excludes halogenated alkanes) is 3. The fourth-order valence-electron chi connectivity index (χ4n) is 2.13. The second-order valence-electron chi connectivity index (χ2n) is 4.27. The Hall–Kier alpha value is -0.340. The van der Waals surface area contributed by atoms with Gasteiger partial charge in [0.2, 0.25) is 0 Å². The van der Waals surface area contributed by atoms with Crippen LogP contribution in [0, 0.1) is 0 Å². The van der Waals surface area contributed by atoms with Crippen LogP contribution in [0.25, 0.3) is 0 Å². The monoisotopic (exact) mass is 227 g/mol. The Labute approximate surface area is 101 Å². The Morgan fingerprint density at radius 3 is 2.50 bits per heavy atom. The first-order chi connectivity index (χ1) is 7.79. The van der Waals surface area contributed by atoms with E-state index in [2.05, 4.69) is 25.7 Å². The number of hydrogen-bond donors (Lipinski definition) is 1. The number of hydrogen-bond acceptors (Lipinski definition) is 2. The summed E-state index contributed by atoms with van der Waals surface area (Å²) in [6.07, 6.45) is 9.67. The molecule has 0 aromatic rings. The van der Waals surface area contributed by atoms with Crippen molar-refractivity contribution in [3.05, 3.63) is 12.7 Å². The quantitative estimate of drug-likeness (QED) is 0.431. The van der Waals surface area contributed by atoms with Gasteiger partial charge in [0.25, 0.3) is 0 Å². The number of nitrogens with one attached hydrogen (secondary N) is 1. The zero-order chi connectivity index (χ0) is 12.2. The summed E-state index contributed by atoms with van der Waals surface area (Å²) in [5, 5.41) is 3.53. The fraction of sp³-hybridized carbons (Fsp3) is 0.857. The van der Waals surface area contributed by atoms with Crippen molar-refractivity contribution in [1.82, 2.24) is 5.32 Å². The molecular formula is C14H29NO. The fourth-order valence-corrected chi connectivity index (χ4v) is 2.13. The van der Waals surface area contributed by atoms with Crippen LogP contribution in [0.15, 0.2) is 12.7 Å². The van der Waals surface area contributed by atoms with Crippen LogP contribution in [-0.4, -0.2) is 25.8 Å². The van der Waals surface area contributed by atoms with Crippen molar-refractivity contribution in [2.75, 3.05) is 13.7 Å². The van der Waals surface area contributed by atoms with Crippen molar-refractivity contribution in [3.8, 4) is 0 Å². The number of likely N-dealkylation sites (N-methyl/N-ethyl adjacent to an activating group) is 1. The van der Waals surface area contributed by atoms with Crippen LogP contribution in [0.3, 0.4) is 0 Å². The summed E-state index contributed by atoms with van der Waals surface area (Å²) in [6, 6.07) is 0.517. The molecule has 2 nitrogen and oxygen atoms in total. The largest absolute Gasteiger partial charge is 0.380 e. The van der Waals surface area contributed by atoms with Crippen molar-refractivity contribution >= 4 is 0 Å². The summed E-state index contributed by atoms with van der Waals surface area (Å²) >= 11 is 0. The highest BCUT2D eigenvalue weighted by Crippen LogP contribution is 2.12. The van der Waals surface area contributed by atoms with Gasteiger partial charge in [0.15, 0.2) is 0 Å². The molecule has 16 heavy (non-hydrogen) atoms. The molecule has 0 bridgehead atoms. The van der Waals surface area contributed by atoms with Gasteiger partial charge in [0, 0.05) is 13.2 Å². The lowest BCUT2D eigenvalue weighted by atomic mass is 10.0. The highest BCUT2D eigenvalue weighted by Gasteiger charge is 2.17. The minimum absolute atomic E-state index is 0.361. The van der Waals surface area contributed by atoms with Crippen molar-refractivity contribution < 1.29 is 4.74 Å². The van der Waals surface area contributed by atoms with E-state index in [0.29, 0.717) is 12.1 Å². The van der Waals surface area contributed by atoms with E-state index in [9.17, 15) is 0 Å². The summed E-state index contributed by atoms with van der Waals surface area (Å²) in [4.78, 5) is 0. The molecular weight excluding hydrogens is 198 g/mol. The van der Waals surface area contributed by atoms with Gasteiger partial charge < -0.3 is 10.1 Å². The third-order valence-electron chi connectivity index (χ3n) is 3.04. The van der Waals surface area contributed by atoms with E-state index in [1.165, 1.54) is 25.7 Å². The second kappa shape index (κ2) is 11.2. The number of methoxy groups -OCH3 is 1. The Morgan fingerprint density at radius 1 is 1.25 bits per heavy atom. The van der Waals surface area contributed by atoms with E-state index in [0.717, 1.165) is 19.4 Å². The first-order valence-corrected chi connectivity index (χ1v) is 6.67. The topological polar surface area (TPSA) is 21.3 Å². The zero-order valence-corrected chi connectivity index (χ0v) is 11.3. The number of ether oxygens (including phenoxy) is 1. The highest BCUT2D eigenvalue weighted by molar-refractivity contribution is 4.76. The third kappa shape index (κ3) is 7.02. The van der Waals surface area contributed by atoms with Gasteiger partial charge in [-0.05, 0) is 32.2 Å². The lowest BCUT2D eigenvalue weighted by Gasteiger charge is -2.25. The summed E-state index contributed by atoms with van der Waals surface area (Å²) < 4.78 is 5.51. The lowest BCUT2D eigenvalue weighted by Crippen LogP contribution is -2.40. The first kappa shape index (κ1) is 15.7. The first-order valence-electron chi connectivity index (χ1n) is 6.67. The minimum Gasteiger partial charge on any atom is -0.380 e. The molecule has 2 heteroatoms. The standard InChI is InChI=1S/C14H29NO/c1-5-8-9-10-11-12-13(15-7-3)14(6-2)16-4/h5,13-15H,1,6-12H2,2-4H3. The molecule has 1 N–H and O–H groups in total. The van der Waals surface area contributed by atoms with Gasteiger partial charge in [-0.25, -0.2) is 0 Å². The Bertz CT molecular complexity index is 155. The van der Waals surface area contributed by atoms with Gasteiger partial charge in [0.1, 0.15) is 0 Å². The van der Waals surface area contributed by atoms with E-state index >= 15 is 0 Å². The smallest absolute Gasteiger partial charge is 0.0721 e. The number of allylic oxidation sites excluding steroid dienone is 1. The van der Waals surface area contributed by atoms with Gasteiger partial charge in [-0.3, -0.25) is 0 Å². The van der Waals surface area contributed by atoms with Gasteiger partial charge in [0.05, 0.1) is 6.10 Å². The van der Waals surface area contributed by atoms with Crippen LogP contribution in [-0.2, 0) is 4.74 Å². The van der Waals surface area contributed by atoms with Crippen LogP contribution >= 0.6 is 0 Å². The van der Waals surface area contributed by atoms with Gasteiger partial charge in [-0.15, -0.1) is 6.58 Å². The zero-order valence-electron chi connectivity index (χ0n) is 11.3. The van der Waals surface area contributed by atoms with Crippen molar-refractivity contribution in [1.29, 1.82) is 0 Å². The molecule has 0 rings (SSSR count). The summed E-state index contributed by atoms with van der Waals surface area (Å²) in [6.45, 7) is 9.12. The summed E-state index contributed by atoms with van der Waals surface area (Å²) in [5.41, 5.74) is 0. The molecule has 0 spiro atoms. The summed E-state index contributed by atoms with van der Waals surface area (Å²) in [5.74, 6) is 0. The molecule has 0 aliphatic carbocycles. The van der Waals surface area contributed by atoms with E-state index in [4.69, 9.17) is 4.74 Å². The molecule has 0 amide bonds. The molecule has 2 unspecified atom stereocenters. The second-order valence-corrected chi connectivity index (χ2v) is 4.27. The molecule has 0 aliphatic heterocycles. The molecule has 2 atom stereocenters. The van der Waals surface area contributed by atoms with Gasteiger partial charge in [-0.2, -0.15) is 0 Å². The van der Waals surface area contributed by atoms with E-state index in [1.54, 1.807) is 0 Å². The molecule has 0 aromatic heterocycles. The van der Waals surface area contributed by atoms with Crippen molar-refractivity contribution in [2.24, 2.45) is 0 Å². The molecule has 0 saturated heterocycles. The highest BCUT2D eigenvalue weighted by atomic mass is 16.5. The van der Waals surface area contributed by atoms with E-state index < -0.39 is 0 Å². The van der Waals surface area contributed by atoms with Crippen LogP contribution in [0.5, 0.6) is 0 Å². The average Bonchev–Trinajstić information content (AvgIpc) is 2.30. The maximum absolute atomic E-state index is 5.51. The van der Waals surface area contributed by atoms with Crippen molar-refractivity contribution in [3.63, 3.8) is 0 Å². The predicted octanol–water partition coefficient (Wildman–Crippen LogP) is 3.53. The predicted molar refractivity (Wildman–Crippen MR) is 71.8 cm³/mol. The van der Waals surface area contributed by atoms with Gasteiger partial charge in [-0.1, -0.05) is 32.8 Å². The van der Waals surface area contributed by atoms with E-state index in [-0.39, 0.29) is 0 Å². The Kier molecular flexibility index (Phi) is 10.9. The van der Waals surface area contributed by atoms with Crippen molar-refractivity contribution in [2.45, 2.75) is 64.5 Å². The molecule has 96 valence electrons. The normalized spacial score (nSPS) is 14.7. The molecule has 0 saturated carbocycles. The maximum Gasteiger partial charge on any atom is 0.0721 e. The Balaban J connectivity index is 3.78. The Morgan fingerprint density at radius 2 is 2.00 bits per heavy atom. The van der Waals surface area contributed by atoms with Crippen LogP contribution in [0.1, 0.15) is 52.4 Å². The molecule has 0 aromatic carbocycles. The van der Waals surface area contributed by atoms with E-state index in [1.807, 2.05) is 13.2 Å². The SMILES string of the molecule is C=CCCCCCC(NCC)C(CC)OC. The van der Waals surface area contributed by atoms with Crippen LogP contribution < -0.4 is 5.32 Å². The average molecular weight is 227 g/mol. The molecule has 0 radical (unpaired) electrons. The van der Waals surface area contributed by atoms with Gasteiger partial charge >= 0.3 is 0 Å². The third-order valence-corrected chi connectivity index (χ3v) is 3.04. The van der Waals surface area contributed by atoms with Crippen LogP contribution in [0.4, 0.5) is 0 Å². The lowest BCUT2D eigenvalue weighted by molar-refractivity contribution is 0.0621. The maximum atomic E-state index is 5.51. The molecule has 0 heterocycles.